The van der Waals surface area contributed by atoms with Crippen LogP contribution >= 0.6 is 0 Å². The third-order valence-electron chi connectivity index (χ3n) is 2.49. The number of nitrogens with one attached hydrogen (secondary N) is 1. The average molecular weight is 269 g/mol. The van der Waals surface area contributed by atoms with Crippen molar-refractivity contribution < 1.29 is 18.0 Å². The maximum absolute atomic E-state index is 13.1. The van der Waals surface area contributed by atoms with Crippen LogP contribution in [0.5, 0.6) is 0 Å². The van der Waals surface area contributed by atoms with Crippen molar-refractivity contribution in [1.82, 2.24) is 15.1 Å². The number of amides is 1. The van der Waals surface area contributed by atoms with Gasteiger partial charge in [-0.05, 0) is 12.1 Å². The van der Waals surface area contributed by atoms with Crippen molar-refractivity contribution in [2.24, 2.45) is 0 Å². The van der Waals surface area contributed by atoms with E-state index in [1.807, 2.05) is 0 Å². The number of halogens is 3. The Bertz CT molecular complexity index is 563. The van der Waals surface area contributed by atoms with Gasteiger partial charge >= 0.3 is 6.18 Å². The molecule has 7 heteroatoms. The van der Waals surface area contributed by atoms with Gasteiger partial charge in [0.1, 0.15) is 0 Å². The molecule has 1 aromatic heterocycles. The molecule has 1 amide bonds. The van der Waals surface area contributed by atoms with E-state index in [0.717, 1.165) is 10.9 Å². The van der Waals surface area contributed by atoms with E-state index in [2.05, 4.69) is 10.4 Å². The smallest absolute Gasteiger partial charge is 0.354 e. The van der Waals surface area contributed by atoms with Gasteiger partial charge in [-0.15, -0.1) is 0 Å². The van der Waals surface area contributed by atoms with Crippen LogP contribution < -0.4 is 5.32 Å². The summed E-state index contributed by atoms with van der Waals surface area (Å²) in [6.07, 6.45) is -3.10. The number of benzene rings is 1. The summed E-state index contributed by atoms with van der Waals surface area (Å²) in [5.74, 6) is 0. The van der Waals surface area contributed by atoms with Gasteiger partial charge in [-0.3, -0.25) is 4.79 Å². The minimum absolute atomic E-state index is 0.0801. The van der Waals surface area contributed by atoms with Crippen LogP contribution in [0.1, 0.15) is 11.3 Å². The fourth-order valence-corrected chi connectivity index (χ4v) is 1.73. The Morgan fingerprint density at radius 3 is 2.53 bits per heavy atom. The number of carbonyl (C=O) groups excluding carboxylic acids is 1. The first-order valence-corrected chi connectivity index (χ1v) is 5.40. The Balaban J connectivity index is 2.50. The number of rotatable bonds is 4. The summed E-state index contributed by atoms with van der Waals surface area (Å²) in [6.45, 7) is -0.217. The zero-order valence-electron chi connectivity index (χ0n) is 9.69. The van der Waals surface area contributed by atoms with Crippen molar-refractivity contribution in [3.8, 4) is 5.69 Å². The van der Waals surface area contributed by atoms with Gasteiger partial charge in [-0.25, -0.2) is 4.68 Å². The van der Waals surface area contributed by atoms with Crippen LogP contribution in [0.25, 0.3) is 5.69 Å². The summed E-state index contributed by atoms with van der Waals surface area (Å²) in [7, 11) is 0. The van der Waals surface area contributed by atoms with Gasteiger partial charge in [-0.2, -0.15) is 18.3 Å². The second-order valence-electron chi connectivity index (χ2n) is 3.76. The number of hydrogen-bond donors (Lipinski definition) is 1. The zero-order chi connectivity index (χ0) is 13.9. The number of alkyl halides is 3. The monoisotopic (exact) mass is 269 g/mol. The minimum atomic E-state index is -4.55. The van der Waals surface area contributed by atoms with Gasteiger partial charge in [0.2, 0.25) is 6.41 Å². The highest BCUT2D eigenvalue weighted by Crippen LogP contribution is 2.33. The van der Waals surface area contributed by atoms with Gasteiger partial charge in [-0.1, -0.05) is 18.2 Å². The Morgan fingerprint density at radius 2 is 1.95 bits per heavy atom. The summed E-state index contributed by atoms with van der Waals surface area (Å²) < 4.78 is 40.1. The van der Waals surface area contributed by atoms with Crippen molar-refractivity contribution in [3.63, 3.8) is 0 Å². The highest BCUT2D eigenvalue weighted by Gasteiger charge is 2.38. The second kappa shape index (κ2) is 5.13. The first kappa shape index (κ1) is 13.1. The summed E-state index contributed by atoms with van der Waals surface area (Å²) in [6, 6.07) is 8.01. The van der Waals surface area contributed by atoms with E-state index in [-0.39, 0.29) is 12.1 Å². The van der Waals surface area contributed by atoms with Crippen LogP contribution in [0.3, 0.4) is 0 Å². The van der Waals surface area contributed by atoms with Gasteiger partial charge < -0.3 is 5.32 Å². The number of hydrogen-bond acceptors (Lipinski definition) is 2. The topological polar surface area (TPSA) is 46.9 Å². The molecule has 0 fully saturated rings. The van der Waals surface area contributed by atoms with Gasteiger partial charge in [0.05, 0.1) is 11.9 Å². The molecule has 0 saturated carbocycles. The average Bonchev–Trinajstić information content (AvgIpc) is 2.81. The fraction of sp³-hybridized carbons (Fsp3) is 0.167. The van der Waals surface area contributed by atoms with Crippen molar-refractivity contribution >= 4 is 6.41 Å². The van der Waals surface area contributed by atoms with Crippen molar-refractivity contribution in [2.75, 3.05) is 0 Å². The lowest BCUT2D eigenvalue weighted by Crippen LogP contribution is -2.18. The standard InChI is InChI=1S/C12H10F3N3O/c13-12(14,15)11-9(6-16-8-19)7-17-18(11)10-4-2-1-3-5-10/h1-5,7-8H,6H2,(H,16,19). The summed E-state index contributed by atoms with van der Waals surface area (Å²) in [4.78, 5) is 10.2. The predicted molar refractivity (Wildman–Crippen MR) is 61.5 cm³/mol. The third kappa shape index (κ3) is 2.75. The lowest BCUT2D eigenvalue weighted by atomic mass is 10.2. The Morgan fingerprint density at radius 1 is 1.26 bits per heavy atom. The van der Waals surface area contributed by atoms with E-state index in [1.165, 1.54) is 12.1 Å². The molecule has 100 valence electrons. The first-order chi connectivity index (χ1) is 9.04. The summed E-state index contributed by atoms with van der Waals surface area (Å²) in [5.41, 5.74) is -0.649. The maximum Gasteiger partial charge on any atom is 0.433 e. The lowest BCUT2D eigenvalue weighted by molar-refractivity contribution is -0.143. The number of carbonyl (C=O) groups is 1. The van der Waals surface area contributed by atoms with Gasteiger partial charge in [0.15, 0.2) is 5.69 Å². The van der Waals surface area contributed by atoms with Crippen LogP contribution in [0.2, 0.25) is 0 Å². The molecule has 0 atom stereocenters. The largest absolute Gasteiger partial charge is 0.433 e. The van der Waals surface area contributed by atoms with E-state index in [0.29, 0.717) is 12.1 Å². The zero-order valence-corrected chi connectivity index (χ0v) is 9.69. The molecule has 1 aromatic carbocycles. The number of aromatic nitrogens is 2. The Hall–Kier alpha value is -2.31. The molecule has 0 bridgehead atoms. The maximum atomic E-state index is 13.1. The molecule has 1 heterocycles. The summed E-state index contributed by atoms with van der Waals surface area (Å²) >= 11 is 0. The molecule has 4 nitrogen and oxygen atoms in total. The molecule has 19 heavy (non-hydrogen) atoms. The van der Waals surface area contributed by atoms with Crippen LogP contribution in [0, 0.1) is 0 Å². The van der Waals surface area contributed by atoms with E-state index < -0.39 is 11.9 Å². The fourth-order valence-electron chi connectivity index (χ4n) is 1.73. The van der Waals surface area contributed by atoms with Gasteiger partial charge in [0, 0.05) is 12.1 Å². The van der Waals surface area contributed by atoms with Crippen molar-refractivity contribution in [2.45, 2.75) is 12.7 Å². The molecule has 0 aliphatic heterocycles. The quantitative estimate of drug-likeness (QED) is 0.864. The molecule has 0 unspecified atom stereocenters. The van der Waals surface area contributed by atoms with E-state index in [9.17, 15) is 18.0 Å². The normalized spacial score (nSPS) is 11.3. The molecule has 0 radical (unpaired) electrons. The highest BCUT2D eigenvalue weighted by molar-refractivity contribution is 5.46. The SMILES string of the molecule is O=CNCc1cnn(-c2ccccc2)c1C(F)(F)F. The first-order valence-electron chi connectivity index (χ1n) is 5.40. The predicted octanol–water partition coefficient (Wildman–Crippen LogP) is 2.14. The molecule has 2 rings (SSSR count). The highest BCUT2D eigenvalue weighted by atomic mass is 19.4. The van der Waals surface area contributed by atoms with E-state index >= 15 is 0 Å². The molecular formula is C12H10F3N3O. The van der Waals surface area contributed by atoms with Gasteiger partial charge in [0.25, 0.3) is 0 Å². The third-order valence-corrected chi connectivity index (χ3v) is 2.49. The van der Waals surface area contributed by atoms with Crippen molar-refractivity contribution in [3.05, 3.63) is 47.8 Å². The number of nitrogens with zero attached hydrogens (tertiary/aromatic N) is 2. The molecular weight excluding hydrogens is 259 g/mol. The van der Waals surface area contributed by atoms with Crippen LogP contribution in [-0.2, 0) is 17.5 Å². The lowest BCUT2D eigenvalue weighted by Gasteiger charge is -2.12. The molecule has 0 saturated heterocycles. The summed E-state index contributed by atoms with van der Waals surface area (Å²) in [5, 5.41) is 5.95. The molecule has 1 N–H and O–H groups in total. The Kier molecular flexibility index (Phi) is 3.55. The van der Waals surface area contributed by atoms with Crippen LogP contribution in [-0.4, -0.2) is 16.2 Å². The second-order valence-corrected chi connectivity index (χ2v) is 3.76. The molecule has 0 spiro atoms. The van der Waals surface area contributed by atoms with Crippen LogP contribution in [0.4, 0.5) is 13.2 Å². The number of para-hydroxylation sites is 1. The molecule has 2 aromatic rings. The Labute approximate surface area is 106 Å². The minimum Gasteiger partial charge on any atom is -0.354 e. The van der Waals surface area contributed by atoms with E-state index in [4.69, 9.17) is 0 Å². The molecule has 0 aliphatic rings. The molecule has 0 aliphatic carbocycles. The van der Waals surface area contributed by atoms with Crippen molar-refractivity contribution in [1.29, 1.82) is 0 Å². The van der Waals surface area contributed by atoms with Crippen LogP contribution in [0.15, 0.2) is 36.5 Å². The van der Waals surface area contributed by atoms with E-state index in [1.54, 1.807) is 18.2 Å².